The lowest BCUT2D eigenvalue weighted by Crippen LogP contribution is -2.26. The molecule has 3 N–H and O–H groups in total. The zero-order chi connectivity index (χ0) is 16.2. The molecule has 0 bridgehead atoms. The van der Waals surface area contributed by atoms with Crippen molar-refractivity contribution in [2.45, 2.75) is 57.4 Å². The second kappa shape index (κ2) is 7.26. The summed E-state index contributed by atoms with van der Waals surface area (Å²) in [4.78, 5) is 3.41. The number of methoxy groups -OCH3 is 1. The first-order valence-corrected chi connectivity index (χ1v) is 8.80. The summed E-state index contributed by atoms with van der Waals surface area (Å²) in [7, 11) is 1.71. The highest BCUT2D eigenvalue weighted by molar-refractivity contribution is 5.87. The average molecular weight is 316 g/mol. The molecule has 4 heteroatoms. The SMILES string of the molecule is CCCCOc1cc2[nH]cc(C3CCCC(N)C3)c2cc1OC. The van der Waals surface area contributed by atoms with Gasteiger partial charge in [-0.2, -0.15) is 0 Å². The van der Waals surface area contributed by atoms with Gasteiger partial charge in [0.05, 0.1) is 13.7 Å². The van der Waals surface area contributed by atoms with Crippen LogP contribution in [0.15, 0.2) is 18.3 Å². The maximum absolute atomic E-state index is 6.17. The van der Waals surface area contributed by atoms with Crippen LogP contribution < -0.4 is 15.2 Å². The summed E-state index contributed by atoms with van der Waals surface area (Å²) in [6, 6.07) is 4.51. The number of unbranched alkanes of at least 4 members (excludes halogenated alkanes) is 1. The highest BCUT2D eigenvalue weighted by atomic mass is 16.5. The van der Waals surface area contributed by atoms with Crippen LogP contribution in [0.2, 0.25) is 0 Å². The fourth-order valence-corrected chi connectivity index (χ4v) is 3.60. The minimum atomic E-state index is 0.331. The monoisotopic (exact) mass is 316 g/mol. The lowest BCUT2D eigenvalue weighted by molar-refractivity contribution is 0.289. The summed E-state index contributed by atoms with van der Waals surface area (Å²) in [6.45, 7) is 2.89. The van der Waals surface area contributed by atoms with Gasteiger partial charge in [-0.15, -0.1) is 0 Å². The van der Waals surface area contributed by atoms with Crippen molar-refractivity contribution in [2.75, 3.05) is 13.7 Å². The van der Waals surface area contributed by atoms with Gasteiger partial charge in [0.15, 0.2) is 11.5 Å². The van der Waals surface area contributed by atoms with E-state index in [4.69, 9.17) is 15.2 Å². The van der Waals surface area contributed by atoms with E-state index < -0.39 is 0 Å². The number of nitrogens with two attached hydrogens (primary N) is 1. The van der Waals surface area contributed by atoms with Crippen LogP contribution in [-0.4, -0.2) is 24.7 Å². The van der Waals surface area contributed by atoms with Crippen LogP contribution in [0.1, 0.15) is 56.9 Å². The zero-order valence-corrected chi connectivity index (χ0v) is 14.2. The smallest absolute Gasteiger partial charge is 0.163 e. The Kier molecular flexibility index (Phi) is 5.11. The molecule has 4 nitrogen and oxygen atoms in total. The van der Waals surface area contributed by atoms with Gasteiger partial charge in [0.25, 0.3) is 0 Å². The van der Waals surface area contributed by atoms with Crippen molar-refractivity contribution in [1.82, 2.24) is 4.98 Å². The Hall–Kier alpha value is -1.68. The van der Waals surface area contributed by atoms with E-state index in [1.807, 2.05) is 0 Å². The summed E-state index contributed by atoms with van der Waals surface area (Å²) >= 11 is 0. The molecule has 0 amide bonds. The van der Waals surface area contributed by atoms with Crippen molar-refractivity contribution in [1.29, 1.82) is 0 Å². The number of aromatic nitrogens is 1. The van der Waals surface area contributed by atoms with Gasteiger partial charge in [-0.3, -0.25) is 0 Å². The van der Waals surface area contributed by atoms with E-state index in [0.29, 0.717) is 12.0 Å². The van der Waals surface area contributed by atoms with Crippen molar-refractivity contribution in [3.63, 3.8) is 0 Å². The highest BCUT2D eigenvalue weighted by Gasteiger charge is 2.23. The Bertz CT molecular complexity index is 650. The molecule has 0 spiro atoms. The van der Waals surface area contributed by atoms with Crippen LogP contribution in [0.4, 0.5) is 0 Å². The van der Waals surface area contributed by atoms with Crippen molar-refractivity contribution in [3.8, 4) is 11.5 Å². The topological polar surface area (TPSA) is 60.3 Å². The van der Waals surface area contributed by atoms with E-state index in [9.17, 15) is 0 Å². The molecule has 1 aliphatic carbocycles. The van der Waals surface area contributed by atoms with Crippen LogP contribution in [0, 0.1) is 0 Å². The minimum Gasteiger partial charge on any atom is -0.493 e. The zero-order valence-electron chi connectivity index (χ0n) is 14.2. The van der Waals surface area contributed by atoms with E-state index in [0.717, 1.165) is 49.3 Å². The lowest BCUT2D eigenvalue weighted by Gasteiger charge is -2.26. The Morgan fingerprint density at radius 1 is 1.26 bits per heavy atom. The number of ether oxygens (including phenoxy) is 2. The largest absolute Gasteiger partial charge is 0.493 e. The third kappa shape index (κ3) is 3.47. The van der Waals surface area contributed by atoms with Gasteiger partial charge in [0, 0.05) is 29.2 Å². The van der Waals surface area contributed by atoms with Gasteiger partial charge in [0.2, 0.25) is 0 Å². The molecule has 2 aromatic rings. The number of rotatable bonds is 6. The molecule has 0 radical (unpaired) electrons. The molecule has 0 saturated heterocycles. The van der Waals surface area contributed by atoms with Crippen LogP contribution >= 0.6 is 0 Å². The van der Waals surface area contributed by atoms with Crippen LogP contribution in [0.25, 0.3) is 10.9 Å². The van der Waals surface area contributed by atoms with Gasteiger partial charge >= 0.3 is 0 Å². The van der Waals surface area contributed by atoms with Crippen LogP contribution in [0.3, 0.4) is 0 Å². The van der Waals surface area contributed by atoms with E-state index in [2.05, 4.69) is 30.2 Å². The van der Waals surface area contributed by atoms with Gasteiger partial charge in [-0.25, -0.2) is 0 Å². The second-order valence-corrected chi connectivity index (χ2v) is 6.62. The van der Waals surface area contributed by atoms with E-state index in [1.54, 1.807) is 7.11 Å². The molecule has 126 valence electrons. The number of aromatic amines is 1. The summed E-state index contributed by atoms with van der Waals surface area (Å²) in [5.74, 6) is 2.18. The lowest BCUT2D eigenvalue weighted by atomic mass is 9.81. The summed E-state index contributed by atoms with van der Waals surface area (Å²) in [6.07, 6.45) is 8.98. The Labute approximate surface area is 138 Å². The predicted molar refractivity (Wildman–Crippen MR) is 94.4 cm³/mol. The van der Waals surface area contributed by atoms with Gasteiger partial charge in [-0.05, 0) is 43.2 Å². The summed E-state index contributed by atoms with van der Waals surface area (Å²) in [5, 5.41) is 1.24. The number of hydrogen-bond acceptors (Lipinski definition) is 3. The first kappa shape index (κ1) is 16.2. The first-order valence-electron chi connectivity index (χ1n) is 8.80. The van der Waals surface area contributed by atoms with E-state index in [-0.39, 0.29) is 0 Å². The fourth-order valence-electron chi connectivity index (χ4n) is 3.60. The number of H-pyrrole nitrogens is 1. The molecule has 2 atom stereocenters. The average Bonchev–Trinajstić information content (AvgIpc) is 2.97. The number of nitrogens with one attached hydrogen (secondary N) is 1. The minimum absolute atomic E-state index is 0.331. The molecule has 0 aliphatic heterocycles. The number of hydrogen-bond donors (Lipinski definition) is 2. The molecule has 1 aromatic carbocycles. The fraction of sp³-hybridized carbons (Fsp3) is 0.579. The molecular weight excluding hydrogens is 288 g/mol. The highest BCUT2D eigenvalue weighted by Crippen LogP contribution is 2.40. The molecule has 23 heavy (non-hydrogen) atoms. The maximum atomic E-state index is 6.17. The van der Waals surface area contributed by atoms with Gasteiger partial charge < -0.3 is 20.2 Å². The third-order valence-electron chi connectivity index (χ3n) is 4.91. The van der Waals surface area contributed by atoms with Crippen LogP contribution in [0.5, 0.6) is 11.5 Å². The van der Waals surface area contributed by atoms with E-state index >= 15 is 0 Å². The summed E-state index contributed by atoms with van der Waals surface area (Å²) in [5.41, 5.74) is 8.65. The molecular formula is C19H28N2O2. The number of benzene rings is 1. The molecule has 2 unspecified atom stereocenters. The second-order valence-electron chi connectivity index (χ2n) is 6.62. The quantitative estimate of drug-likeness (QED) is 0.779. The predicted octanol–water partition coefficient (Wildman–Crippen LogP) is 4.34. The van der Waals surface area contributed by atoms with Crippen molar-refractivity contribution >= 4 is 10.9 Å². The standard InChI is InChI=1S/C19H28N2O2/c1-3-4-8-23-19-11-17-15(10-18(19)22-2)16(12-21-17)13-6-5-7-14(20)9-13/h10-14,21H,3-9,20H2,1-2H3. The molecule has 1 heterocycles. The third-order valence-corrected chi connectivity index (χ3v) is 4.91. The number of fused-ring (bicyclic) bond motifs is 1. The molecule has 1 fully saturated rings. The van der Waals surface area contributed by atoms with Crippen molar-refractivity contribution < 1.29 is 9.47 Å². The Morgan fingerprint density at radius 3 is 2.87 bits per heavy atom. The van der Waals surface area contributed by atoms with Crippen molar-refractivity contribution in [3.05, 3.63) is 23.9 Å². The van der Waals surface area contributed by atoms with Crippen LogP contribution in [-0.2, 0) is 0 Å². The maximum Gasteiger partial charge on any atom is 0.163 e. The molecule has 1 saturated carbocycles. The first-order chi connectivity index (χ1) is 11.2. The van der Waals surface area contributed by atoms with Gasteiger partial charge in [-0.1, -0.05) is 19.8 Å². The van der Waals surface area contributed by atoms with E-state index in [1.165, 1.54) is 23.8 Å². The van der Waals surface area contributed by atoms with Crippen molar-refractivity contribution in [2.24, 2.45) is 5.73 Å². The summed E-state index contributed by atoms with van der Waals surface area (Å²) < 4.78 is 11.4. The van der Waals surface area contributed by atoms with Gasteiger partial charge in [0.1, 0.15) is 0 Å². The Balaban J connectivity index is 1.90. The normalized spacial score (nSPS) is 21.5. The molecule has 1 aliphatic rings. The Morgan fingerprint density at radius 2 is 2.13 bits per heavy atom. The molecule has 1 aromatic heterocycles. The molecule has 3 rings (SSSR count).